The van der Waals surface area contributed by atoms with Gasteiger partial charge in [-0.25, -0.2) is 0 Å². The van der Waals surface area contributed by atoms with Gasteiger partial charge in [-0.2, -0.15) is 0 Å². The van der Waals surface area contributed by atoms with Crippen molar-refractivity contribution in [2.75, 3.05) is 4.90 Å². The smallest absolute Gasteiger partial charge is 0.159 e. The molecule has 1 aromatic heterocycles. The number of hydrogen-bond acceptors (Lipinski definition) is 2. The summed E-state index contributed by atoms with van der Waals surface area (Å²) in [6.07, 6.45) is 9.40. The number of rotatable bonds is 3. The molecular formula is C48H47NO. The van der Waals surface area contributed by atoms with Crippen LogP contribution >= 0.6 is 0 Å². The molecule has 4 bridgehead atoms. The Hall–Kier alpha value is -4.30. The Morgan fingerprint density at radius 2 is 1.20 bits per heavy atom. The van der Waals surface area contributed by atoms with Gasteiger partial charge in [0.15, 0.2) is 5.58 Å². The third kappa shape index (κ3) is 3.75. The zero-order chi connectivity index (χ0) is 33.6. The summed E-state index contributed by atoms with van der Waals surface area (Å²) in [5.74, 6) is 3.30. The predicted octanol–water partition coefficient (Wildman–Crippen LogP) is 13.1. The van der Waals surface area contributed by atoms with Crippen LogP contribution in [0.5, 0.6) is 0 Å². The molecule has 250 valence electrons. The number of nitrogens with zero attached hydrogens (tertiary/aromatic N) is 1. The van der Waals surface area contributed by atoms with Crippen molar-refractivity contribution in [1.82, 2.24) is 0 Å². The SMILES string of the molecule is CC1(C)CCC(C)(C)c2c(N(c3ccc4c(c3)C3(c5ccccc5-4)C4CC5CC(C4)CC3C5)c3cccc4c3oc3ccccc34)cccc21. The predicted molar refractivity (Wildman–Crippen MR) is 207 cm³/mol. The molecule has 0 aliphatic heterocycles. The summed E-state index contributed by atoms with van der Waals surface area (Å²) in [4.78, 5) is 2.60. The summed E-state index contributed by atoms with van der Waals surface area (Å²) >= 11 is 0. The Bertz CT molecular complexity index is 2340. The quantitative estimate of drug-likeness (QED) is 0.189. The van der Waals surface area contributed by atoms with Crippen LogP contribution in [0.4, 0.5) is 17.1 Å². The van der Waals surface area contributed by atoms with Crippen LogP contribution in [-0.4, -0.2) is 0 Å². The maximum atomic E-state index is 6.83. The average Bonchev–Trinajstić information content (AvgIpc) is 3.64. The molecule has 6 aromatic rings. The maximum absolute atomic E-state index is 6.83. The number of fused-ring (bicyclic) bond motifs is 7. The molecule has 0 atom stereocenters. The van der Waals surface area contributed by atoms with Gasteiger partial charge in [0.2, 0.25) is 0 Å². The Kier molecular flexibility index (Phi) is 5.85. The highest BCUT2D eigenvalue weighted by Crippen LogP contribution is 2.69. The number of benzene rings is 5. The van der Waals surface area contributed by atoms with Gasteiger partial charge in [0.1, 0.15) is 5.58 Å². The van der Waals surface area contributed by atoms with Gasteiger partial charge in [-0.05, 0) is 143 Å². The van der Waals surface area contributed by atoms with E-state index in [9.17, 15) is 0 Å². The van der Waals surface area contributed by atoms with Crippen LogP contribution in [0.2, 0.25) is 0 Å². The summed E-state index contributed by atoms with van der Waals surface area (Å²) in [5.41, 5.74) is 15.0. The van der Waals surface area contributed by atoms with E-state index in [1.165, 1.54) is 89.3 Å². The summed E-state index contributed by atoms with van der Waals surface area (Å²) < 4.78 is 6.83. The fraction of sp³-hybridized carbons (Fsp3) is 0.375. The van der Waals surface area contributed by atoms with Crippen molar-refractivity contribution in [1.29, 1.82) is 0 Å². The normalized spacial score (nSPS) is 27.8. The maximum Gasteiger partial charge on any atom is 0.159 e. The molecule has 5 aromatic carbocycles. The summed E-state index contributed by atoms with van der Waals surface area (Å²) in [7, 11) is 0. The fourth-order valence-electron chi connectivity index (χ4n) is 12.5. The Morgan fingerprint density at radius 3 is 2.02 bits per heavy atom. The lowest BCUT2D eigenvalue weighted by Gasteiger charge is -2.61. The standard InChI is InChI=1S/C48H47NO/c1-46(2)21-22-47(3,4)44-39(46)15-10-16-41(44)49(42-17-9-13-37-36-12-6-8-18-43(36)50-45(37)42)33-19-20-35-34-11-5-7-14-38(34)48(40(35)28-33)31-24-29-23-30(26-31)27-32(48)25-29/h5-20,28-32H,21-27H2,1-4H3. The molecule has 12 rings (SSSR count). The summed E-state index contributed by atoms with van der Waals surface area (Å²) in [5, 5.41) is 2.36. The van der Waals surface area contributed by atoms with E-state index < -0.39 is 0 Å². The first-order chi connectivity index (χ1) is 24.2. The number of para-hydroxylation sites is 2. The van der Waals surface area contributed by atoms with Gasteiger partial charge in [-0.3, -0.25) is 0 Å². The lowest BCUT2D eigenvalue weighted by molar-refractivity contribution is -0.0399. The Labute approximate surface area is 296 Å². The van der Waals surface area contributed by atoms with Crippen LogP contribution in [0.25, 0.3) is 33.1 Å². The van der Waals surface area contributed by atoms with Gasteiger partial charge in [-0.1, -0.05) is 100 Å². The van der Waals surface area contributed by atoms with Gasteiger partial charge in [0.05, 0.1) is 11.4 Å². The minimum absolute atomic E-state index is 0.0388. The molecule has 2 nitrogen and oxygen atoms in total. The van der Waals surface area contributed by atoms with E-state index in [0.29, 0.717) is 0 Å². The highest BCUT2D eigenvalue weighted by atomic mass is 16.3. The lowest BCUT2D eigenvalue weighted by atomic mass is 9.43. The van der Waals surface area contributed by atoms with Crippen molar-refractivity contribution in [3.05, 3.63) is 125 Å². The number of furan rings is 1. The molecule has 6 aliphatic carbocycles. The van der Waals surface area contributed by atoms with Gasteiger partial charge >= 0.3 is 0 Å². The minimum atomic E-state index is 0.0388. The van der Waals surface area contributed by atoms with Gasteiger partial charge < -0.3 is 9.32 Å². The van der Waals surface area contributed by atoms with Crippen molar-refractivity contribution < 1.29 is 4.42 Å². The molecule has 0 radical (unpaired) electrons. The molecule has 2 heteroatoms. The third-order valence-corrected chi connectivity index (χ3v) is 14.5. The first-order valence-electron chi connectivity index (χ1n) is 19.3. The van der Waals surface area contributed by atoms with E-state index in [2.05, 4.69) is 136 Å². The van der Waals surface area contributed by atoms with E-state index in [1.54, 1.807) is 11.1 Å². The highest BCUT2D eigenvalue weighted by molar-refractivity contribution is 6.10. The molecule has 4 fully saturated rings. The van der Waals surface area contributed by atoms with Crippen molar-refractivity contribution in [3.8, 4) is 11.1 Å². The van der Waals surface area contributed by atoms with Crippen LogP contribution in [0.3, 0.4) is 0 Å². The molecule has 0 saturated heterocycles. The Morgan fingerprint density at radius 1 is 0.560 bits per heavy atom. The molecule has 6 aliphatic rings. The molecular weight excluding hydrogens is 607 g/mol. The second-order valence-corrected chi connectivity index (χ2v) is 18.0. The minimum Gasteiger partial charge on any atom is -0.454 e. The average molecular weight is 654 g/mol. The second kappa shape index (κ2) is 9.93. The van der Waals surface area contributed by atoms with Crippen molar-refractivity contribution >= 4 is 39.0 Å². The van der Waals surface area contributed by atoms with Crippen molar-refractivity contribution in [2.24, 2.45) is 23.7 Å². The molecule has 0 unspecified atom stereocenters. The van der Waals surface area contributed by atoms with Crippen LogP contribution in [0.1, 0.15) is 94.9 Å². The van der Waals surface area contributed by atoms with Crippen LogP contribution < -0.4 is 4.90 Å². The van der Waals surface area contributed by atoms with E-state index >= 15 is 0 Å². The highest BCUT2D eigenvalue weighted by Gasteiger charge is 2.61. The Balaban J connectivity index is 1.21. The summed E-state index contributed by atoms with van der Waals surface area (Å²) in [6, 6.07) is 39.5. The topological polar surface area (TPSA) is 16.4 Å². The second-order valence-electron chi connectivity index (χ2n) is 18.0. The zero-order valence-electron chi connectivity index (χ0n) is 29.9. The van der Waals surface area contributed by atoms with Crippen LogP contribution in [0, 0.1) is 23.7 Å². The molecule has 50 heavy (non-hydrogen) atoms. The third-order valence-electron chi connectivity index (χ3n) is 14.5. The first-order valence-corrected chi connectivity index (χ1v) is 19.3. The van der Waals surface area contributed by atoms with Crippen LogP contribution in [0.15, 0.2) is 108 Å². The molecule has 1 heterocycles. The van der Waals surface area contributed by atoms with E-state index in [0.717, 1.165) is 40.5 Å². The number of hydrogen-bond donors (Lipinski definition) is 0. The van der Waals surface area contributed by atoms with E-state index in [-0.39, 0.29) is 16.2 Å². The zero-order valence-corrected chi connectivity index (χ0v) is 29.9. The first kappa shape index (κ1) is 29.4. The van der Waals surface area contributed by atoms with E-state index in [1.807, 2.05) is 0 Å². The van der Waals surface area contributed by atoms with Crippen molar-refractivity contribution in [3.63, 3.8) is 0 Å². The molecule has 1 spiro atoms. The summed E-state index contributed by atoms with van der Waals surface area (Å²) in [6.45, 7) is 9.82. The molecule has 0 amide bonds. The van der Waals surface area contributed by atoms with Crippen LogP contribution in [-0.2, 0) is 16.2 Å². The lowest BCUT2D eigenvalue weighted by Crippen LogP contribution is -2.55. The van der Waals surface area contributed by atoms with Gasteiger partial charge in [-0.15, -0.1) is 0 Å². The van der Waals surface area contributed by atoms with Crippen molar-refractivity contribution in [2.45, 2.75) is 88.9 Å². The van der Waals surface area contributed by atoms with Gasteiger partial charge in [0.25, 0.3) is 0 Å². The molecule has 0 N–H and O–H groups in total. The van der Waals surface area contributed by atoms with E-state index in [4.69, 9.17) is 4.42 Å². The molecule has 4 saturated carbocycles. The largest absolute Gasteiger partial charge is 0.454 e. The fourth-order valence-corrected chi connectivity index (χ4v) is 12.5. The monoisotopic (exact) mass is 653 g/mol. The number of anilines is 3. The van der Waals surface area contributed by atoms with Gasteiger partial charge in [0, 0.05) is 21.9 Å².